The molecule has 2 aromatic rings. The minimum absolute atomic E-state index is 0.107. The van der Waals surface area contributed by atoms with E-state index < -0.39 is 0 Å². The molecule has 2 N–H and O–H groups in total. The average molecular weight is 285 g/mol. The second-order valence-corrected chi connectivity index (χ2v) is 4.97. The van der Waals surface area contributed by atoms with Crippen LogP contribution in [-0.4, -0.2) is 22.9 Å². The number of pyridine rings is 1. The molecule has 1 amide bonds. The van der Waals surface area contributed by atoms with Crippen molar-refractivity contribution in [3.05, 3.63) is 59.4 Å². The predicted octanol–water partition coefficient (Wildman–Crippen LogP) is 2.30. The molecule has 0 aliphatic heterocycles. The van der Waals surface area contributed by atoms with Crippen LogP contribution >= 0.6 is 12.2 Å². The number of carbonyl (C=O) groups excluding carboxylic acids is 1. The van der Waals surface area contributed by atoms with Gasteiger partial charge in [-0.25, -0.2) is 0 Å². The summed E-state index contributed by atoms with van der Waals surface area (Å²) in [5.74, 6) is -0.107. The van der Waals surface area contributed by atoms with Gasteiger partial charge in [0.2, 0.25) is 0 Å². The van der Waals surface area contributed by atoms with E-state index in [0.717, 1.165) is 16.8 Å². The quantitative estimate of drug-likeness (QED) is 0.879. The van der Waals surface area contributed by atoms with E-state index in [1.165, 1.54) is 0 Å². The zero-order valence-corrected chi connectivity index (χ0v) is 12.1. The standard InChI is InChI=1S/C15H15N3OS/c1-10-7-12(9-17-8-10)15(19)18(2)13-5-3-11(4-6-13)14(16)20/h3-9H,1-2H3,(H2,16,20). The largest absolute Gasteiger partial charge is 0.389 e. The summed E-state index contributed by atoms with van der Waals surface area (Å²) in [6, 6.07) is 9.05. The number of anilines is 1. The van der Waals surface area contributed by atoms with Crippen molar-refractivity contribution in [1.82, 2.24) is 4.98 Å². The van der Waals surface area contributed by atoms with Gasteiger partial charge < -0.3 is 10.6 Å². The first-order valence-corrected chi connectivity index (χ1v) is 6.49. The Morgan fingerprint density at radius 2 is 1.85 bits per heavy atom. The summed E-state index contributed by atoms with van der Waals surface area (Å²) in [5.41, 5.74) is 8.62. The fourth-order valence-corrected chi connectivity index (χ4v) is 1.97. The topological polar surface area (TPSA) is 59.2 Å². The maximum atomic E-state index is 12.4. The van der Waals surface area contributed by atoms with E-state index in [9.17, 15) is 4.79 Å². The van der Waals surface area contributed by atoms with Gasteiger partial charge in [0.15, 0.2) is 0 Å². The Hall–Kier alpha value is -2.27. The number of aryl methyl sites for hydroxylation is 1. The second-order valence-electron chi connectivity index (χ2n) is 4.53. The molecule has 0 atom stereocenters. The van der Waals surface area contributed by atoms with Gasteiger partial charge in [-0.05, 0) is 42.8 Å². The monoisotopic (exact) mass is 285 g/mol. The van der Waals surface area contributed by atoms with E-state index in [-0.39, 0.29) is 5.91 Å². The Bertz CT molecular complexity index is 652. The van der Waals surface area contributed by atoms with Gasteiger partial charge in [0.25, 0.3) is 5.91 Å². The molecule has 0 bridgehead atoms. The third kappa shape index (κ3) is 3.00. The summed E-state index contributed by atoms with van der Waals surface area (Å²) in [6.45, 7) is 1.90. The van der Waals surface area contributed by atoms with E-state index in [2.05, 4.69) is 4.98 Å². The van der Waals surface area contributed by atoms with Crippen LogP contribution in [0.15, 0.2) is 42.7 Å². The lowest BCUT2D eigenvalue weighted by Crippen LogP contribution is -2.26. The molecule has 0 saturated heterocycles. The van der Waals surface area contributed by atoms with Gasteiger partial charge in [-0.15, -0.1) is 0 Å². The number of rotatable bonds is 3. The summed E-state index contributed by atoms with van der Waals surface area (Å²) in [5, 5.41) is 0. The summed E-state index contributed by atoms with van der Waals surface area (Å²) in [4.78, 5) is 18.3. The van der Waals surface area contributed by atoms with E-state index in [1.807, 2.05) is 25.1 Å². The van der Waals surface area contributed by atoms with Crippen LogP contribution in [0.25, 0.3) is 0 Å². The third-order valence-corrected chi connectivity index (χ3v) is 3.20. The first-order chi connectivity index (χ1) is 9.49. The van der Waals surface area contributed by atoms with Gasteiger partial charge >= 0.3 is 0 Å². The van der Waals surface area contributed by atoms with Crippen molar-refractivity contribution in [2.45, 2.75) is 6.92 Å². The van der Waals surface area contributed by atoms with Crippen LogP contribution in [0.4, 0.5) is 5.69 Å². The van der Waals surface area contributed by atoms with Crippen LogP contribution in [0.2, 0.25) is 0 Å². The van der Waals surface area contributed by atoms with Crippen molar-refractivity contribution in [2.24, 2.45) is 5.73 Å². The lowest BCUT2D eigenvalue weighted by atomic mass is 10.1. The number of hydrogen-bond donors (Lipinski definition) is 1. The highest BCUT2D eigenvalue weighted by Gasteiger charge is 2.14. The van der Waals surface area contributed by atoms with E-state index in [1.54, 1.807) is 36.5 Å². The summed E-state index contributed by atoms with van der Waals surface area (Å²) in [7, 11) is 1.72. The number of benzene rings is 1. The van der Waals surface area contributed by atoms with Gasteiger partial charge in [-0.3, -0.25) is 9.78 Å². The lowest BCUT2D eigenvalue weighted by Gasteiger charge is -2.17. The molecule has 1 aromatic heterocycles. The molecule has 0 saturated carbocycles. The second kappa shape index (κ2) is 5.79. The Kier molecular flexibility index (Phi) is 4.10. The van der Waals surface area contributed by atoms with Crippen molar-refractivity contribution in [2.75, 3.05) is 11.9 Å². The van der Waals surface area contributed by atoms with Gasteiger partial charge in [0.05, 0.1) is 5.56 Å². The number of aromatic nitrogens is 1. The van der Waals surface area contributed by atoms with E-state index in [0.29, 0.717) is 10.6 Å². The molecule has 2 rings (SSSR count). The highest BCUT2D eigenvalue weighted by molar-refractivity contribution is 7.80. The highest BCUT2D eigenvalue weighted by Crippen LogP contribution is 2.16. The molecule has 0 aliphatic carbocycles. The van der Waals surface area contributed by atoms with Crippen molar-refractivity contribution in [3.8, 4) is 0 Å². The Morgan fingerprint density at radius 1 is 1.20 bits per heavy atom. The first kappa shape index (κ1) is 14.1. The fraction of sp³-hybridized carbons (Fsp3) is 0.133. The highest BCUT2D eigenvalue weighted by atomic mass is 32.1. The Balaban J connectivity index is 2.24. The molecule has 1 heterocycles. The van der Waals surface area contributed by atoms with Gasteiger partial charge in [-0.2, -0.15) is 0 Å². The molecule has 4 nitrogen and oxygen atoms in total. The Labute approximate surface area is 123 Å². The zero-order valence-electron chi connectivity index (χ0n) is 11.3. The summed E-state index contributed by atoms with van der Waals surface area (Å²) >= 11 is 4.90. The molecular formula is C15H15N3OS. The lowest BCUT2D eigenvalue weighted by molar-refractivity contribution is 0.0992. The van der Waals surface area contributed by atoms with Crippen LogP contribution in [0.1, 0.15) is 21.5 Å². The van der Waals surface area contributed by atoms with Crippen molar-refractivity contribution in [1.29, 1.82) is 0 Å². The van der Waals surface area contributed by atoms with E-state index in [4.69, 9.17) is 18.0 Å². The van der Waals surface area contributed by atoms with Crippen LogP contribution in [0, 0.1) is 6.92 Å². The third-order valence-electron chi connectivity index (χ3n) is 2.97. The van der Waals surface area contributed by atoms with Crippen LogP contribution in [-0.2, 0) is 0 Å². The number of hydrogen-bond acceptors (Lipinski definition) is 3. The minimum atomic E-state index is -0.107. The fourth-order valence-electron chi connectivity index (χ4n) is 1.83. The minimum Gasteiger partial charge on any atom is -0.389 e. The van der Waals surface area contributed by atoms with Crippen LogP contribution in [0.5, 0.6) is 0 Å². The average Bonchev–Trinajstić information content (AvgIpc) is 2.46. The number of thiocarbonyl (C=S) groups is 1. The number of nitrogens with zero attached hydrogens (tertiary/aromatic N) is 2. The smallest absolute Gasteiger partial charge is 0.259 e. The molecule has 0 spiro atoms. The maximum Gasteiger partial charge on any atom is 0.259 e. The molecule has 102 valence electrons. The van der Waals surface area contributed by atoms with Crippen molar-refractivity contribution >= 4 is 28.8 Å². The molecule has 5 heteroatoms. The van der Waals surface area contributed by atoms with E-state index >= 15 is 0 Å². The summed E-state index contributed by atoms with van der Waals surface area (Å²) < 4.78 is 0. The van der Waals surface area contributed by atoms with Gasteiger partial charge in [0, 0.05) is 30.7 Å². The number of amides is 1. The molecule has 0 fully saturated rings. The molecule has 20 heavy (non-hydrogen) atoms. The zero-order chi connectivity index (χ0) is 14.7. The molecular weight excluding hydrogens is 270 g/mol. The van der Waals surface area contributed by atoms with Crippen LogP contribution < -0.4 is 10.6 Å². The summed E-state index contributed by atoms with van der Waals surface area (Å²) in [6.07, 6.45) is 3.28. The number of nitrogens with two attached hydrogens (primary N) is 1. The van der Waals surface area contributed by atoms with Crippen molar-refractivity contribution < 1.29 is 4.79 Å². The van der Waals surface area contributed by atoms with Crippen molar-refractivity contribution in [3.63, 3.8) is 0 Å². The first-order valence-electron chi connectivity index (χ1n) is 6.08. The van der Waals surface area contributed by atoms with Gasteiger partial charge in [-0.1, -0.05) is 12.2 Å². The number of carbonyl (C=O) groups is 1. The van der Waals surface area contributed by atoms with Gasteiger partial charge in [0.1, 0.15) is 4.99 Å². The maximum absolute atomic E-state index is 12.4. The SMILES string of the molecule is Cc1cncc(C(=O)N(C)c2ccc(C(N)=S)cc2)c1. The Morgan fingerprint density at radius 3 is 2.40 bits per heavy atom. The molecule has 0 radical (unpaired) electrons. The molecule has 0 unspecified atom stereocenters. The molecule has 0 aliphatic rings. The molecule has 1 aromatic carbocycles. The normalized spacial score (nSPS) is 10.1. The predicted molar refractivity (Wildman–Crippen MR) is 84.0 cm³/mol. The van der Waals surface area contributed by atoms with Crippen LogP contribution in [0.3, 0.4) is 0 Å².